The van der Waals surface area contributed by atoms with Gasteiger partial charge in [0, 0.05) is 23.6 Å². The zero-order valence-electron chi connectivity index (χ0n) is 19.7. The van der Waals surface area contributed by atoms with Crippen molar-refractivity contribution in [2.45, 2.75) is 98.2 Å². The van der Waals surface area contributed by atoms with E-state index in [1.54, 1.807) is 18.3 Å². The largest absolute Gasteiger partial charge is 0.458 e. The number of hydrogen-bond donors (Lipinski definition) is 1. The van der Waals surface area contributed by atoms with Crippen molar-refractivity contribution in [3.63, 3.8) is 0 Å². The van der Waals surface area contributed by atoms with Gasteiger partial charge in [-0.1, -0.05) is 46.5 Å². The highest BCUT2D eigenvalue weighted by atomic mass is 32.1. The molecule has 174 valence electrons. The molecule has 0 aromatic carbocycles. The second-order valence-corrected chi connectivity index (χ2v) is 10.4. The highest BCUT2D eigenvalue weighted by Crippen LogP contribution is 2.26. The van der Waals surface area contributed by atoms with Gasteiger partial charge < -0.3 is 9.84 Å². The van der Waals surface area contributed by atoms with Crippen molar-refractivity contribution in [1.82, 2.24) is 4.98 Å². The predicted octanol–water partition coefficient (Wildman–Crippen LogP) is 5.74. The van der Waals surface area contributed by atoms with E-state index in [-0.39, 0.29) is 30.2 Å². The van der Waals surface area contributed by atoms with Gasteiger partial charge in [0.1, 0.15) is 11.9 Å². The van der Waals surface area contributed by atoms with Crippen LogP contribution in [0.15, 0.2) is 11.0 Å². The number of hydrogen-bond acceptors (Lipinski definition) is 6. The second-order valence-electron chi connectivity index (χ2n) is 9.34. The molecule has 5 nitrogen and oxygen atoms in total. The number of rotatable bonds is 2. The topological polar surface area (TPSA) is 76.5 Å². The van der Waals surface area contributed by atoms with Gasteiger partial charge in [-0.25, -0.2) is 4.98 Å². The molecule has 5 atom stereocenters. The molecule has 4 unspecified atom stereocenters. The molecular weight excluding hydrogens is 410 g/mol. The standard InChI is InChI=1S/C25H39NO4S/c1-16-9-7-6-8-10-22(27)19(4)25(29)17(2)11-12-24(28)30-23(13-16)18(3)14-21-15-31-20(5)26-21/h14-17,19,22-23,27H,6-13H2,1-5H3/b18-14+/t16?,17?,19-,22?,23?/m1/s1. The number of ether oxygens (including phenoxy) is 1. The van der Waals surface area contributed by atoms with Crippen molar-refractivity contribution in [3.05, 3.63) is 21.7 Å². The minimum atomic E-state index is -0.598. The van der Waals surface area contributed by atoms with Gasteiger partial charge in [0.15, 0.2) is 0 Å². The lowest BCUT2D eigenvalue weighted by Gasteiger charge is -2.24. The number of ketones is 1. The molecule has 1 aliphatic heterocycles. The average Bonchev–Trinajstić information content (AvgIpc) is 3.13. The van der Waals surface area contributed by atoms with E-state index in [2.05, 4.69) is 11.9 Å². The molecule has 0 saturated carbocycles. The number of esters is 1. The fraction of sp³-hybridized carbons (Fsp3) is 0.720. The van der Waals surface area contributed by atoms with Gasteiger partial charge in [-0.15, -0.1) is 11.3 Å². The van der Waals surface area contributed by atoms with Crippen LogP contribution in [0.3, 0.4) is 0 Å². The highest BCUT2D eigenvalue weighted by molar-refractivity contribution is 7.09. The summed E-state index contributed by atoms with van der Waals surface area (Å²) in [5.74, 6) is -0.461. The summed E-state index contributed by atoms with van der Waals surface area (Å²) in [6.45, 7) is 9.84. The number of carbonyl (C=O) groups excluding carboxylic acids is 2. The van der Waals surface area contributed by atoms with Crippen molar-refractivity contribution < 1.29 is 19.4 Å². The Labute approximate surface area is 191 Å². The lowest BCUT2D eigenvalue weighted by atomic mass is 9.86. The van der Waals surface area contributed by atoms with E-state index >= 15 is 0 Å². The van der Waals surface area contributed by atoms with Crippen molar-refractivity contribution in [2.75, 3.05) is 0 Å². The highest BCUT2D eigenvalue weighted by Gasteiger charge is 2.27. The third-order valence-electron chi connectivity index (χ3n) is 6.40. The van der Waals surface area contributed by atoms with Gasteiger partial charge in [-0.3, -0.25) is 9.59 Å². The minimum absolute atomic E-state index is 0.0348. The molecule has 0 aliphatic carbocycles. The smallest absolute Gasteiger partial charge is 0.306 e. The number of aromatic nitrogens is 1. The van der Waals surface area contributed by atoms with Crippen molar-refractivity contribution in [3.8, 4) is 0 Å². The Hall–Kier alpha value is -1.53. The molecule has 1 N–H and O–H groups in total. The van der Waals surface area contributed by atoms with E-state index in [4.69, 9.17) is 4.74 Å². The molecule has 2 heterocycles. The maximum absolute atomic E-state index is 12.6. The van der Waals surface area contributed by atoms with E-state index in [1.807, 2.05) is 32.2 Å². The number of thiazole rings is 1. The average molecular weight is 450 g/mol. The third-order valence-corrected chi connectivity index (χ3v) is 7.19. The first-order valence-electron chi connectivity index (χ1n) is 11.7. The normalized spacial score (nSPS) is 30.8. The molecule has 0 spiro atoms. The number of aliphatic hydroxyl groups is 1. The van der Waals surface area contributed by atoms with Crippen LogP contribution in [-0.2, 0) is 14.3 Å². The Kier molecular flexibility index (Phi) is 10.4. The number of nitrogens with zero attached hydrogens (tertiary/aromatic N) is 1. The van der Waals surface area contributed by atoms with Crippen LogP contribution in [0.5, 0.6) is 0 Å². The van der Waals surface area contributed by atoms with Crippen LogP contribution in [0, 0.1) is 24.7 Å². The maximum Gasteiger partial charge on any atom is 0.306 e. The molecule has 0 radical (unpaired) electrons. The molecule has 1 aromatic rings. The summed E-state index contributed by atoms with van der Waals surface area (Å²) in [5.41, 5.74) is 1.91. The molecule has 2 rings (SSSR count). The molecule has 31 heavy (non-hydrogen) atoms. The summed E-state index contributed by atoms with van der Waals surface area (Å²) in [6.07, 6.45) is 7.34. The van der Waals surface area contributed by atoms with Crippen molar-refractivity contribution >= 4 is 29.2 Å². The van der Waals surface area contributed by atoms with Gasteiger partial charge in [0.2, 0.25) is 0 Å². The molecule has 1 aromatic heterocycles. The number of aryl methyl sites for hydroxylation is 1. The van der Waals surface area contributed by atoms with E-state index < -0.39 is 12.0 Å². The second kappa shape index (κ2) is 12.5. The zero-order valence-corrected chi connectivity index (χ0v) is 20.5. The lowest BCUT2D eigenvalue weighted by molar-refractivity contribution is -0.148. The van der Waals surface area contributed by atoms with E-state index in [0.717, 1.165) is 48.4 Å². The van der Waals surface area contributed by atoms with Crippen molar-refractivity contribution in [1.29, 1.82) is 0 Å². The molecule has 1 aliphatic rings. The Morgan fingerprint density at radius 2 is 1.87 bits per heavy atom. The SMILES string of the molecule is C/C(=C\c1csc(C)n1)C1CC(C)CCCCCC(O)[C@@H](C)C(=O)C(C)CCC(=O)O1. The van der Waals surface area contributed by atoms with Crippen LogP contribution in [-0.4, -0.2) is 34.1 Å². The number of cyclic esters (lactones) is 1. The number of Topliss-reactive ketones (excluding diaryl/α,β-unsaturated/α-hetero) is 1. The number of carbonyl (C=O) groups is 2. The van der Waals surface area contributed by atoms with Crippen LogP contribution in [0.25, 0.3) is 6.08 Å². The van der Waals surface area contributed by atoms with E-state index in [1.165, 1.54) is 0 Å². The van der Waals surface area contributed by atoms with Gasteiger partial charge in [-0.05, 0) is 50.7 Å². The summed E-state index contributed by atoms with van der Waals surface area (Å²) in [7, 11) is 0. The predicted molar refractivity (Wildman–Crippen MR) is 126 cm³/mol. The maximum atomic E-state index is 12.6. The Balaban J connectivity index is 2.13. The summed E-state index contributed by atoms with van der Waals surface area (Å²) in [4.78, 5) is 29.8. The van der Waals surface area contributed by atoms with E-state index in [9.17, 15) is 14.7 Å². The first-order chi connectivity index (χ1) is 14.7. The Morgan fingerprint density at radius 3 is 2.55 bits per heavy atom. The first-order valence-corrected chi connectivity index (χ1v) is 12.6. The minimum Gasteiger partial charge on any atom is -0.458 e. The molecule has 0 bridgehead atoms. The summed E-state index contributed by atoms with van der Waals surface area (Å²) >= 11 is 1.61. The lowest BCUT2D eigenvalue weighted by Crippen LogP contribution is -2.30. The molecule has 1 saturated heterocycles. The summed E-state index contributed by atoms with van der Waals surface area (Å²) < 4.78 is 5.90. The van der Waals surface area contributed by atoms with Gasteiger partial charge in [0.25, 0.3) is 0 Å². The molecular formula is C25H39NO4S. The zero-order chi connectivity index (χ0) is 23.0. The van der Waals surface area contributed by atoms with Gasteiger partial charge in [0.05, 0.1) is 16.8 Å². The quantitative estimate of drug-likeness (QED) is 0.583. The molecule has 1 fully saturated rings. The first kappa shape index (κ1) is 25.7. The Bertz CT molecular complexity index is 756. The van der Waals surface area contributed by atoms with Crippen LogP contribution >= 0.6 is 11.3 Å². The molecule has 6 heteroatoms. The Morgan fingerprint density at radius 1 is 1.16 bits per heavy atom. The summed E-state index contributed by atoms with van der Waals surface area (Å²) in [6, 6.07) is 0. The van der Waals surface area contributed by atoms with Gasteiger partial charge in [-0.2, -0.15) is 0 Å². The van der Waals surface area contributed by atoms with Gasteiger partial charge >= 0.3 is 5.97 Å². The van der Waals surface area contributed by atoms with Crippen LogP contribution < -0.4 is 0 Å². The molecule has 0 amide bonds. The summed E-state index contributed by atoms with van der Waals surface area (Å²) in [5, 5.41) is 13.4. The fourth-order valence-corrected chi connectivity index (χ4v) is 4.76. The third kappa shape index (κ3) is 8.49. The van der Waals surface area contributed by atoms with Crippen LogP contribution in [0.1, 0.15) is 89.8 Å². The fourth-order valence-electron chi connectivity index (χ4n) is 4.19. The van der Waals surface area contributed by atoms with Crippen molar-refractivity contribution in [2.24, 2.45) is 17.8 Å². The van der Waals surface area contributed by atoms with E-state index in [0.29, 0.717) is 18.8 Å². The van der Waals surface area contributed by atoms with Crippen LogP contribution in [0.4, 0.5) is 0 Å². The van der Waals surface area contributed by atoms with Crippen LogP contribution in [0.2, 0.25) is 0 Å². The monoisotopic (exact) mass is 449 g/mol. The number of aliphatic hydroxyl groups excluding tert-OH is 1.